The molecule has 0 heterocycles. The molecule has 0 aliphatic heterocycles. The van der Waals surface area contributed by atoms with Gasteiger partial charge in [-0.2, -0.15) is 0 Å². The SMILES string of the molecule is CC(C)C(=O)Oc1c(OC(=O)CCCN=[N+]=[N-])ccc2c1-c1cccc3c1[C@@H](C2)C(C)CC3. The third-order valence-electron chi connectivity index (χ3n) is 6.64. The van der Waals surface area contributed by atoms with Crippen LogP contribution in [0.2, 0.25) is 0 Å². The maximum atomic E-state index is 12.6. The second-order valence-electron chi connectivity index (χ2n) is 9.24. The molecule has 172 valence electrons. The standard InChI is InChI=1S/C26H29N3O4/c1-15(2)26(31)33-25-21(32-22(30)8-5-13-28-29-27)12-11-18-14-20-16(3)9-10-17-6-4-7-19(23(17)20)24(18)25/h4,6-7,11-12,15-16,20H,5,8-10,13-14H2,1-3H3/t16?,20-/m0/s1. The van der Waals surface area contributed by atoms with Crippen LogP contribution in [0.15, 0.2) is 35.4 Å². The molecule has 0 spiro atoms. The van der Waals surface area contributed by atoms with Gasteiger partial charge in [0.2, 0.25) is 0 Å². The van der Waals surface area contributed by atoms with Crippen molar-refractivity contribution in [3.8, 4) is 22.6 Å². The molecule has 0 saturated heterocycles. The predicted molar refractivity (Wildman–Crippen MR) is 125 cm³/mol. The lowest BCUT2D eigenvalue weighted by Gasteiger charge is -2.38. The third-order valence-corrected chi connectivity index (χ3v) is 6.64. The van der Waals surface area contributed by atoms with Gasteiger partial charge in [-0.25, -0.2) is 0 Å². The van der Waals surface area contributed by atoms with Gasteiger partial charge in [0.15, 0.2) is 11.5 Å². The van der Waals surface area contributed by atoms with Crippen LogP contribution in [-0.4, -0.2) is 18.5 Å². The molecule has 0 radical (unpaired) electrons. The Morgan fingerprint density at radius 1 is 1.18 bits per heavy atom. The first kappa shape index (κ1) is 22.9. The molecule has 7 nitrogen and oxygen atoms in total. The summed E-state index contributed by atoms with van der Waals surface area (Å²) in [4.78, 5) is 27.8. The topological polar surface area (TPSA) is 101 Å². The van der Waals surface area contributed by atoms with Crippen molar-refractivity contribution in [3.63, 3.8) is 0 Å². The van der Waals surface area contributed by atoms with Crippen molar-refractivity contribution in [3.05, 3.63) is 57.5 Å². The fraction of sp³-hybridized carbons (Fsp3) is 0.462. The lowest BCUT2D eigenvalue weighted by atomic mass is 9.67. The van der Waals surface area contributed by atoms with Crippen molar-refractivity contribution in [1.29, 1.82) is 0 Å². The Kier molecular flexibility index (Phi) is 6.70. The summed E-state index contributed by atoms with van der Waals surface area (Å²) in [6.07, 6.45) is 3.57. The Bertz CT molecular complexity index is 1130. The van der Waals surface area contributed by atoms with E-state index in [-0.39, 0.29) is 30.6 Å². The Labute approximate surface area is 193 Å². The minimum atomic E-state index is -0.456. The van der Waals surface area contributed by atoms with E-state index in [1.54, 1.807) is 19.9 Å². The lowest BCUT2D eigenvalue weighted by molar-refractivity contribution is -0.139. The number of esters is 2. The van der Waals surface area contributed by atoms with Crippen LogP contribution in [0.4, 0.5) is 0 Å². The highest BCUT2D eigenvalue weighted by Crippen LogP contribution is 2.53. The summed E-state index contributed by atoms with van der Waals surface area (Å²) < 4.78 is 11.5. The zero-order valence-electron chi connectivity index (χ0n) is 19.3. The Morgan fingerprint density at radius 3 is 2.76 bits per heavy atom. The predicted octanol–water partition coefficient (Wildman–Crippen LogP) is 6.13. The van der Waals surface area contributed by atoms with E-state index in [1.807, 2.05) is 6.07 Å². The highest BCUT2D eigenvalue weighted by atomic mass is 16.6. The van der Waals surface area contributed by atoms with Crippen molar-refractivity contribution in [1.82, 2.24) is 0 Å². The number of rotatable bonds is 7. The van der Waals surface area contributed by atoms with Crippen LogP contribution in [-0.2, 0) is 22.4 Å². The van der Waals surface area contributed by atoms with E-state index in [0.29, 0.717) is 24.0 Å². The van der Waals surface area contributed by atoms with Gasteiger partial charge in [-0.15, -0.1) is 0 Å². The molecule has 0 amide bonds. The average Bonchev–Trinajstić information content (AvgIpc) is 2.80. The molecule has 2 aliphatic carbocycles. The van der Waals surface area contributed by atoms with Crippen LogP contribution >= 0.6 is 0 Å². The average molecular weight is 448 g/mol. The summed E-state index contributed by atoms with van der Waals surface area (Å²) in [5.41, 5.74) is 14.1. The van der Waals surface area contributed by atoms with Crippen molar-refractivity contribution in [2.45, 2.75) is 58.8 Å². The van der Waals surface area contributed by atoms with Gasteiger partial charge in [0.1, 0.15) is 0 Å². The summed E-state index contributed by atoms with van der Waals surface area (Å²) in [6, 6.07) is 10.0. The quantitative estimate of drug-likeness (QED) is 0.127. The van der Waals surface area contributed by atoms with E-state index >= 15 is 0 Å². The zero-order valence-corrected chi connectivity index (χ0v) is 19.3. The normalized spacial score (nSPS) is 18.1. The van der Waals surface area contributed by atoms with Gasteiger partial charge in [0.25, 0.3) is 0 Å². The molecule has 2 atom stereocenters. The number of aryl methyl sites for hydroxylation is 1. The first-order valence-electron chi connectivity index (χ1n) is 11.6. The molecule has 7 heteroatoms. The van der Waals surface area contributed by atoms with E-state index in [0.717, 1.165) is 36.0 Å². The van der Waals surface area contributed by atoms with Crippen LogP contribution in [0.5, 0.6) is 11.5 Å². The number of hydrogen-bond donors (Lipinski definition) is 0. The number of hydrogen-bond acceptors (Lipinski definition) is 5. The first-order chi connectivity index (χ1) is 15.9. The van der Waals surface area contributed by atoms with Gasteiger partial charge in [-0.05, 0) is 71.4 Å². The monoisotopic (exact) mass is 447 g/mol. The van der Waals surface area contributed by atoms with Gasteiger partial charge >= 0.3 is 11.9 Å². The number of fused-ring (bicyclic) bond motifs is 2. The molecular weight excluding hydrogens is 418 g/mol. The number of nitrogens with zero attached hydrogens (tertiary/aromatic N) is 3. The molecule has 2 aromatic rings. The fourth-order valence-electron chi connectivity index (χ4n) is 4.88. The molecule has 0 saturated carbocycles. The Hall–Kier alpha value is -3.31. The van der Waals surface area contributed by atoms with E-state index in [2.05, 4.69) is 35.1 Å². The molecule has 2 aliphatic rings. The summed E-state index contributed by atoms with van der Waals surface area (Å²) >= 11 is 0. The van der Waals surface area contributed by atoms with E-state index in [9.17, 15) is 9.59 Å². The first-order valence-corrected chi connectivity index (χ1v) is 11.6. The van der Waals surface area contributed by atoms with Crippen LogP contribution in [0.25, 0.3) is 21.6 Å². The number of azide groups is 1. The molecule has 4 rings (SSSR count). The van der Waals surface area contributed by atoms with Gasteiger partial charge in [0.05, 0.1) is 5.92 Å². The maximum absolute atomic E-state index is 12.6. The van der Waals surface area contributed by atoms with Gasteiger partial charge in [-0.1, -0.05) is 50.2 Å². The summed E-state index contributed by atoms with van der Waals surface area (Å²) in [7, 11) is 0. The second kappa shape index (κ2) is 9.67. The fourth-order valence-corrected chi connectivity index (χ4v) is 4.88. The molecule has 0 bridgehead atoms. The Balaban J connectivity index is 1.77. The van der Waals surface area contributed by atoms with E-state index < -0.39 is 5.97 Å². The van der Waals surface area contributed by atoms with Crippen molar-refractivity contribution in [2.24, 2.45) is 17.0 Å². The zero-order chi connectivity index (χ0) is 23.5. The number of carbonyl (C=O) groups is 2. The molecule has 2 aromatic carbocycles. The van der Waals surface area contributed by atoms with Crippen LogP contribution in [0, 0.1) is 11.8 Å². The van der Waals surface area contributed by atoms with Crippen LogP contribution in [0.1, 0.15) is 62.6 Å². The van der Waals surface area contributed by atoms with Crippen molar-refractivity contribution < 1.29 is 19.1 Å². The molecular formula is C26H29N3O4. The van der Waals surface area contributed by atoms with E-state index in [4.69, 9.17) is 15.0 Å². The summed E-state index contributed by atoms with van der Waals surface area (Å²) in [6.45, 7) is 6.09. The molecule has 1 unspecified atom stereocenters. The smallest absolute Gasteiger partial charge is 0.313 e. The summed E-state index contributed by atoms with van der Waals surface area (Å²) in [5, 5.41) is 3.45. The molecule has 0 aromatic heterocycles. The van der Waals surface area contributed by atoms with Gasteiger partial charge < -0.3 is 9.47 Å². The second-order valence-corrected chi connectivity index (χ2v) is 9.24. The highest BCUT2D eigenvalue weighted by molar-refractivity contribution is 5.87. The molecule has 33 heavy (non-hydrogen) atoms. The van der Waals surface area contributed by atoms with Gasteiger partial charge in [0, 0.05) is 23.4 Å². The highest BCUT2D eigenvalue weighted by Gasteiger charge is 2.36. The number of benzene rings is 2. The Morgan fingerprint density at radius 2 is 2.00 bits per heavy atom. The number of carbonyl (C=O) groups excluding carboxylic acids is 2. The minimum Gasteiger partial charge on any atom is -0.422 e. The summed E-state index contributed by atoms with van der Waals surface area (Å²) in [5.74, 6) is 0.416. The maximum Gasteiger partial charge on any atom is 0.313 e. The van der Waals surface area contributed by atoms with Crippen LogP contribution in [0.3, 0.4) is 0 Å². The lowest BCUT2D eigenvalue weighted by Crippen LogP contribution is -2.25. The number of ether oxygens (including phenoxy) is 2. The van der Waals surface area contributed by atoms with Crippen molar-refractivity contribution in [2.75, 3.05) is 6.54 Å². The van der Waals surface area contributed by atoms with Gasteiger partial charge in [-0.3, -0.25) is 9.59 Å². The minimum absolute atomic E-state index is 0.105. The molecule has 0 N–H and O–H groups in total. The van der Waals surface area contributed by atoms with E-state index in [1.165, 1.54) is 11.1 Å². The van der Waals surface area contributed by atoms with Crippen LogP contribution < -0.4 is 9.47 Å². The largest absolute Gasteiger partial charge is 0.422 e. The van der Waals surface area contributed by atoms with Crippen molar-refractivity contribution >= 4 is 11.9 Å². The third kappa shape index (κ3) is 4.60. The molecule has 0 fully saturated rings.